The van der Waals surface area contributed by atoms with Crippen molar-refractivity contribution in [2.75, 3.05) is 37.6 Å². The Balaban J connectivity index is 1.54. The smallest absolute Gasteiger partial charge is 0.185 e. The zero-order valence-electron chi connectivity index (χ0n) is 11.5. The molecule has 4 nitrogen and oxygen atoms in total. The number of nitrogens with zero attached hydrogens (tertiary/aromatic N) is 3. The van der Waals surface area contributed by atoms with E-state index in [-0.39, 0.29) is 11.6 Å². The minimum absolute atomic E-state index is 0.0304. The predicted octanol–water partition coefficient (Wildman–Crippen LogP) is 2.29. The zero-order valence-corrected chi connectivity index (χ0v) is 12.4. The van der Waals surface area contributed by atoms with E-state index in [4.69, 9.17) is 0 Å². The average Bonchev–Trinajstić information content (AvgIpc) is 3.02. The molecule has 1 aliphatic heterocycles. The monoisotopic (exact) mass is 305 g/mol. The predicted molar refractivity (Wildman–Crippen MR) is 81.5 cm³/mol. The molecule has 2 heterocycles. The Hall–Kier alpha value is -1.79. The first-order valence-electron chi connectivity index (χ1n) is 6.88. The van der Waals surface area contributed by atoms with Crippen molar-refractivity contribution in [1.82, 2.24) is 9.88 Å². The molecule has 0 aliphatic carbocycles. The minimum Gasteiger partial charge on any atom is -0.346 e. The second-order valence-electron chi connectivity index (χ2n) is 5.01. The Bertz CT molecular complexity index is 609. The highest BCUT2D eigenvalue weighted by Crippen LogP contribution is 2.19. The van der Waals surface area contributed by atoms with Gasteiger partial charge in [0.05, 0.1) is 6.54 Å². The van der Waals surface area contributed by atoms with Gasteiger partial charge in [-0.3, -0.25) is 9.69 Å². The number of hydrogen-bond acceptors (Lipinski definition) is 5. The number of aromatic nitrogens is 1. The largest absolute Gasteiger partial charge is 0.346 e. The lowest BCUT2D eigenvalue weighted by atomic mass is 10.1. The summed E-state index contributed by atoms with van der Waals surface area (Å²) >= 11 is 1.63. The van der Waals surface area contributed by atoms with Crippen molar-refractivity contribution in [3.8, 4) is 0 Å². The molecule has 0 N–H and O–H groups in total. The van der Waals surface area contributed by atoms with Crippen molar-refractivity contribution in [3.63, 3.8) is 0 Å². The fourth-order valence-electron chi connectivity index (χ4n) is 2.43. The van der Waals surface area contributed by atoms with Gasteiger partial charge in [-0.15, -0.1) is 11.3 Å². The van der Waals surface area contributed by atoms with Gasteiger partial charge in [-0.25, -0.2) is 9.37 Å². The van der Waals surface area contributed by atoms with Gasteiger partial charge in [-0.05, 0) is 12.1 Å². The SMILES string of the molecule is O=C(CN1CCN(c2nccs2)CC1)c1cccc(F)c1. The molecular weight excluding hydrogens is 289 g/mol. The summed E-state index contributed by atoms with van der Waals surface area (Å²) in [4.78, 5) is 20.8. The number of ketones is 1. The van der Waals surface area contributed by atoms with Crippen LogP contribution in [0.15, 0.2) is 35.8 Å². The molecule has 3 rings (SSSR count). The van der Waals surface area contributed by atoms with Crippen LogP contribution in [0.3, 0.4) is 0 Å². The Morgan fingerprint density at radius 2 is 2.10 bits per heavy atom. The first kappa shape index (κ1) is 14.2. The molecular formula is C15H16FN3OS. The van der Waals surface area contributed by atoms with Gasteiger partial charge >= 0.3 is 0 Å². The van der Waals surface area contributed by atoms with Gasteiger partial charge in [-0.1, -0.05) is 12.1 Å². The summed E-state index contributed by atoms with van der Waals surface area (Å²) in [6, 6.07) is 5.89. The molecule has 1 fully saturated rings. The topological polar surface area (TPSA) is 36.4 Å². The van der Waals surface area contributed by atoms with Crippen molar-refractivity contribution in [1.29, 1.82) is 0 Å². The zero-order chi connectivity index (χ0) is 14.7. The third-order valence-electron chi connectivity index (χ3n) is 3.58. The third kappa shape index (κ3) is 3.46. The molecule has 1 aromatic carbocycles. The van der Waals surface area contributed by atoms with Crippen LogP contribution in [-0.2, 0) is 0 Å². The number of halogens is 1. The normalized spacial score (nSPS) is 16.1. The van der Waals surface area contributed by atoms with Crippen LogP contribution in [0.4, 0.5) is 9.52 Å². The Morgan fingerprint density at radius 1 is 1.29 bits per heavy atom. The van der Waals surface area contributed by atoms with Crippen molar-refractivity contribution >= 4 is 22.3 Å². The van der Waals surface area contributed by atoms with Gasteiger partial charge in [0.2, 0.25) is 0 Å². The van der Waals surface area contributed by atoms with E-state index in [0.717, 1.165) is 31.3 Å². The molecule has 0 saturated carbocycles. The summed E-state index contributed by atoms with van der Waals surface area (Å²) < 4.78 is 13.1. The van der Waals surface area contributed by atoms with Crippen LogP contribution in [0, 0.1) is 5.82 Å². The second kappa shape index (κ2) is 6.32. The quantitative estimate of drug-likeness (QED) is 0.812. The minimum atomic E-state index is -0.366. The molecule has 2 aromatic rings. The maximum Gasteiger partial charge on any atom is 0.185 e. The van der Waals surface area contributed by atoms with Crippen LogP contribution in [0.5, 0.6) is 0 Å². The maximum absolute atomic E-state index is 13.1. The summed E-state index contributed by atoms with van der Waals surface area (Å²) in [5.41, 5.74) is 0.442. The van der Waals surface area contributed by atoms with Gasteiger partial charge in [0.25, 0.3) is 0 Å². The highest BCUT2D eigenvalue weighted by Gasteiger charge is 2.20. The van der Waals surface area contributed by atoms with Gasteiger partial charge in [0.1, 0.15) is 5.82 Å². The number of rotatable bonds is 4. The number of piperazine rings is 1. The summed E-state index contributed by atoms with van der Waals surface area (Å²) in [6.07, 6.45) is 1.81. The molecule has 0 bridgehead atoms. The number of hydrogen-bond donors (Lipinski definition) is 0. The number of anilines is 1. The van der Waals surface area contributed by atoms with Crippen molar-refractivity contribution in [3.05, 3.63) is 47.2 Å². The van der Waals surface area contributed by atoms with Gasteiger partial charge in [0, 0.05) is 43.3 Å². The first-order chi connectivity index (χ1) is 10.2. The highest BCUT2D eigenvalue weighted by molar-refractivity contribution is 7.13. The van der Waals surface area contributed by atoms with Crippen LogP contribution in [0.25, 0.3) is 0 Å². The second-order valence-corrected chi connectivity index (χ2v) is 5.88. The number of carbonyl (C=O) groups excluding carboxylic acids is 1. The van der Waals surface area contributed by atoms with Gasteiger partial charge in [-0.2, -0.15) is 0 Å². The Morgan fingerprint density at radius 3 is 2.76 bits per heavy atom. The standard InChI is InChI=1S/C15H16FN3OS/c16-13-3-1-2-12(10-13)14(20)11-18-5-7-19(8-6-18)15-17-4-9-21-15/h1-4,9-10H,5-8,11H2. The maximum atomic E-state index is 13.1. The molecule has 0 atom stereocenters. The van der Waals surface area contributed by atoms with Crippen molar-refractivity contribution in [2.45, 2.75) is 0 Å². The lowest BCUT2D eigenvalue weighted by Crippen LogP contribution is -2.48. The summed E-state index contributed by atoms with van der Waals surface area (Å²) in [6.45, 7) is 3.71. The number of Topliss-reactive ketones (excluding diaryl/α,β-unsaturated/α-hetero) is 1. The number of benzene rings is 1. The van der Waals surface area contributed by atoms with E-state index in [9.17, 15) is 9.18 Å². The summed E-state index contributed by atoms with van der Waals surface area (Å²) in [5, 5.41) is 3.00. The molecule has 0 radical (unpaired) electrons. The number of carbonyl (C=O) groups is 1. The van der Waals surface area contributed by atoms with E-state index in [1.807, 2.05) is 5.38 Å². The molecule has 1 saturated heterocycles. The van der Waals surface area contributed by atoms with Crippen LogP contribution in [0.2, 0.25) is 0 Å². The van der Waals surface area contributed by atoms with E-state index >= 15 is 0 Å². The molecule has 21 heavy (non-hydrogen) atoms. The fourth-order valence-corrected chi connectivity index (χ4v) is 3.12. The van der Waals surface area contributed by atoms with Gasteiger partial charge < -0.3 is 4.90 Å². The fraction of sp³-hybridized carbons (Fsp3) is 0.333. The summed E-state index contributed by atoms with van der Waals surface area (Å²) in [7, 11) is 0. The van der Waals surface area contributed by atoms with Crippen LogP contribution in [-0.4, -0.2) is 48.4 Å². The molecule has 0 spiro atoms. The van der Waals surface area contributed by atoms with E-state index in [2.05, 4.69) is 14.8 Å². The van der Waals surface area contributed by atoms with E-state index in [1.165, 1.54) is 12.1 Å². The highest BCUT2D eigenvalue weighted by atomic mass is 32.1. The molecule has 1 aliphatic rings. The molecule has 0 unspecified atom stereocenters. The van der Waals surface area contributed by atoms with Crippen LogP contribution < -0.4 is 4.90 Å². The average molecular weight is 305 g/mol. The molecule has 110 valence electrons. The van der Waals surface area contributed by atoms with Crippen molar-refractivity contribution < 1.29 is 9.18 Å². The van der Waals surface area contributed by atoms with Crippen molar-refractivity contribution in [2.24, 2.45) is 0 Å². The van der Waals surface area contributed by atoms with Crippen LogP contribution in [0.1, 0.15) is 10.4 Å². The third-order valence-corrected chi connectivity index (χ3v) is 4.41. The van der Waals surface area contributed by atoms with E-state index in [1.54, 1.807) is 29.7 Å². The van der Waals surface area contributed by atoms with E-state index in [0.29, 0.717) is 12.1 Å². The Kier molecular flexibility index (Phi) is 4.26. The number of thiazole rings is 1. The molecule has 1 aromatic heterocycles. The first-order valence-corrected chi connectivity index (χ1v) is 7.76. The van der Waals surface area contributed by atoms with E-state index < -0.39 is 0 Å². The lowest BCUT2D eigenvalue weighted by Gasteiger charge is -2.34. The molecule has 6 heteroatoms. The lowest BCUT2D eigenvalue weighted by molar-refractivity contribution is 0.0926. The summed E-state index contributed by atoms with van der Waals surface area (Å²) in [5.74, 6) is -0.397. The van der Waals surface area contributed by atoms with Gasteiger partial charge in [0.15, 0.2) is 10.9 Å². The van der Waals surface area contributed by atoms with Crippen LogP contribution >= 0.6 is 11.3 Å². The molecule has 0 amide bonds. The Labute approximate surface area is 126 Å².